The van der Waals surface area contributed by atoms with Gasteiger partial charge >= 0.3 is 6.09 Å². The molecule has 0 N–H and O–H groups in total. The Morgan fingerprint density at radius 2 is 1.82 bits per heavy atom. The summed E-state index contributed by atoms with van der Waals surface area (Å²) in [5.74, 6) is -0.572. The predicted molar refractivity (Wildman–Crippen MR) is 140 cm³/mol. The number of hydrogen-bond acceptors (Lipinski definition) is 4. The third kappa shape index (κ3) is 5.75. The third-order valence-electron chi connectivity index (χ3n) is 6.81. The molecule has 0 saturated heterocycles. The normalized spacial score (nSPS) is 13.2. The van der Waals surface area contributed by atoms with E-state index >= 15 is 0 Å². The Kier molecular flexibility index (Phi) is 7.79. The van der Waals surface area contributed by atoms with Gasteiger partial charge in [0.25, 0.3) is 0 Å². The van der Waals surface area contributed by atoms with Crippen LogP contribution in [0.5, 0.6) is 0 Å². The lowest BCUT2D eigenvalue weighted by atomic mass is 10.0. The second-order valence-corrected chi connectivity index (χ2v) is 9.37. The maximum absolute atomic E-state index is 14.3. The van der Waals surface area contributed by atoms with E-state index in [1.54, 1.807) is 27.8 Å². The fourth-order valence-corrected chi connectivity index (χ4v) is 4.79. The highest BCUT2D eigenvalue weighted by Gasteiger charge is 2.28. The Morgan fingerprint density at radius 3 is 2.58 bits per heavy atom. The summed E-state index contributed by atoms with van der Waals surface area (Å²) in [5, 5.41) is 4.85. The molecule has 0 saturated carbocycles. The van der Waals surface area contributed by atoms with Crippen LogP contribution in [0.4, 0.5) is 13.6 Å². The summed E-state index contributed by atoms with van der Waals surface area (Å²) in [4.78, 5) is 16.7. The first kappa shape index (κ1) is 25.6. The molecule has 0 bridgehead atoms. The molecule has 38 heavy (non-hydrogen) atoms. The Morgan fingerprint density at radius 1 is 1.03 bits per heavy atom. The Hall–Kier alpha value is -4.04. The molecule has 0 radical (unpaired) electrons. The van der Waals surface area contributed by atoms with Gasteiger partial charge < -0.3 is 9.64 Å². The lowest BCUT2D eigenvalue weighted by Crippen LogP contribution is -2.33. The average Bonchev–Trinajstić information content (AvgIpc) is 3.30. The van der Waals surface area contributed by atoms with Crippen molar-refractivity contribution in [1.82, 2.24) is 19.6 Å². The highest BCUT2D eigenvalue weighted by atomic mass is 19.1. The van der Waals surface area contributed by atoms with Crippen molar-refractivity contribution in [3.63, 3.8) is 0 Å². The van der Waals surface area contributed by atoms with Crippen molar-refractivity contribution in [2.24, 2.45) is 0 Å². The second kappa shape index (κ2) is 11.6. The number of carbonyl (C=O) groups is 1. The minimum atomic E-state index is -0.426. The highest BCUT2D eigenvalue weighted by molar-refractivity contribution is 5.67. The molecule has 196 valence electrons. The summed E-state index contributed by atoms with van der Waals surface area (Å²) in [5.41, 5.74) is 4.85. The first-order chi connectivity index (χ1) is 18.5. The molecule has 8 heteroatoms. The van der Waals surface area contributed by atoms with Crippen LogP contribution in [0.25, 0.3) is 5.69 Å². The van der Waals surface area contributed by atoms with E-state index in [9.17, 15) is 13.6 Å². The zero-order chi connectivity index (χ0) is 26.5. The number of benzene rings is 3. The van der Waals surface area contributed by atoms with Gasteiger partial charge in [0.2, 0.25) is 0 Å². The van der Waals surface area contributed by atoms with Crippen LogP contribution in [0.2, 0.25) is 0 Å². The van der Waals surface area contributed by atoms with E-state index in [0.29, 0.717) is 43.9 Å². The summed E-state index contributed by atoms with van der Waals surface area (Å²) in [6, 6.07) is 22.6. The number of fused-ring (bicyclic) bond motifs is 1. The van der Waals surface area contributed by atoms with E-state index < -0.39 is 6.09 Å². The van der Waals surface area contributed by atoms with Crippen molar-refractivity contribution in [1.29, 1.82) is 0 Å². The molecule has 6 nitrogen and oxygen atoms in total. The molecular weight excluding hydrogens is 486 g/mol. The number of hydrogen-bond donors (Lipinski definition) is 0. The molecule has 5 rings (SSSR count). The number of halogens is 2. The molecule has 0 aliphatic carbocycles. The van der Waals surface area contributed by atoms with Crippen LogP contribution in [0.3, 0.4) is 0 Å². The SMILES string of the molecule is CCN(Cc1nn(-c2cccc(F)c2)c2c1CN(Cc1ccccc1F)CC2)C(=O)OCc1ccccc1. The number of aromatic nitrogens is 2. The van der Waals surface area contributed by atoms with Gasteiger partial charge in [-0.2, -0.15) is 5.10 Å². The number of amides is 1. The Bertz CT molecular complexity index is 1410. The minimum Gasteiger partial charge on any atom is -0.445 e. The van der Waals surface area contributed by atoms with E-state index in [0.717, 1.165) is 22.5 Å². The van der Waals surface area contributed by atoms with Gasteiger partial charge in [-0.3, -0.25) is 4.90 Å². The first-order valence-corrected chi connectivity index (χ1v) is 12.8. The number of nitrogens with zero attached hydrogens (tertiary/aromatic N) is 4. The monoisotopic (exact) mass is 516 g/mol. The maximum atomic E-state index is 14.3. The number of rotatable bonds is 8. The first-order valence-electron chi connectivity index (χ1n) is 12.8. The zero-order valence-corrected chi connectivity index (χ0v) is 21.3. The molecule has 1 aliphatic heterocycles. The van der Waals surface area contributed by atoms with Gasteiger partial charge in [-0.05, 0) is 36.8 Å². The summed E-state index contributed by atoms with van der Waals surface area (Å²) < 4.78 is 35.8. The minimum absolute atomic E-state index is 0.183. The summed E-state index contributed by atoms with van der Waals surface area (Å²) >= 11 is 0. The lowest BCUT2D eigenvalue weighted by Gasteiger charge is -2.28. The Balaban J connectivity index is 1.40. The van der Waals surface area contributed by atoms with Gasteiger partial charge in [0, 0.05) is 43.7 Å². The fourth-order valence-electron chi connectivity index (χ4n) is 4.79. The molecule has 0 unspecified atom stereocenters. The quantitative estimate of drug-likeness (QED) is 0.294. The van der Waals surface area contributed by atoms with Crippen molar-refractivity contribution in [3.8, 4) is 5.69 Å². The van der Waals surface area contributed by atoms with Gasteiger partial charge in [-0.25, -0.2) is 18.3 Å². The van der Waals surface area contributed by atoms with Crippen molar-refractivity contribution in [3.05, 3.63) is 119 Å². The van der Waals surface area contributed by atoms with E-state index in [-0.39, 0.29) is 24.8 Å². The third-order valence-corrected chi connectivity index (χ3v) is 6.81. The van der Waals surface area contributed by atoms with Crippen molar-refractivity contribution < 1.29 is 18.3 Å². The van der Waals surface area contributed by atoms with E-state index in [1.165, 1.54) is 18.2 Å². The summed E-state index contributed by atoms with van der Waals surface area (Å²) in [6.45, 7) is 4.49. The van der Waals surface area contributed by atoms with Crippen LogP contribution < -0.4 is 0 Å². The second-order valence-electron chi connectivity index (χ2n) is 9.37. The highest BCUT2D eigenvalue weighted by Crippen LogP contribution is 2.28. The summed E-state index contributed by atoms with van der Waals surface area (Å²) in [7, 11) is 0. The van der Waals surface area contributed by atoms with Gasteiger partial charge in [-0.15, -0.1) is 0 Å². The average molecular weight is 517 g/mol. The van der Waals surface area contributed by atoms with Crippen LogP contribution in [0.15, 0.2) is 78.9 Å². The largest absolute Gasteiger partial charge is 0.445 e. The van der Waals surface area contributed by atoms with Crippen LogP contribution in [-0.2, 0) is 37.4 Å². The van der Waals surface area contributed by atoms with Gasteiger partial charge in [0.1, 0.15) is 18.2 Å². The number of ether oxygens (including phenoxy) is 1. The molecule has 3 aromatic carbocycles. The lowest BCUT2D eigenvalue weighted by molar-refractivity contribution is 0.0949. The number of carbonyl (C=O) groups excluding carboxylic acids is 1. The molecule has 1 aromatic heterocycles. The van der Waals surface area contributed by atoms with E-state index in [4.69, 9.17) is 9.84 Å². The van der Waals surface area contributed by atoms with Crippen molar-refractivity contribution in [2.75, 3.05) is 13.1 Å². The van der Waals surface area contributed by atoms with Crippen LogP contribution in [0.1, 0.15) is 35.0 Å². The summed E-state index contributed by atoms with van der Waals surface area (Å²) in [6.07, 6.45) is 0.238. The van der Waals surface area contributed by atoms with Gasteiger partial charge in [-0.1, -0.05) is 54.6 Å². The van der Waals surface area contributed by atoms with Gasteiger partial charge in [0.05, 0.1) is 23.6 Å². The molecular formula is C30H30F2N4O2. The Labute approximate surface area is 221 Å². The smallest absolute Gasteiger partial charge is 0.410 e. The molecule has 0 spiro atoms. The van der Waals surface area contributed by atoms with Gasteiger partial charge in [0.15, 0.2) is 0 Å². The molecule has 1 amide bonds. The maximum Gasteiger partial charge on any atom is 0.410 e. The standard InChI is InChI=1S/C30H30F2N4O2/c1-2-35(30(37)38-21-22-9-4-3-5-10-22)20-28-26-19-34(18-23-11-6-7-14-27(23)32)16-15-29(26)36(33-28)25-13-8-12-24(31)17-25/h3-14,17H,2,15-16,18-21H2,1H3. The van der Waals surface area contributed by atoms with Crippen molar-refractivity contribution >= 4 is 6.09 Å². The van der Waals surface area contributed by atoms with E-state index in [2.05, 4.69) is 4.90 Å². The van der Waals surface area contributed by atoms with Crippen molar-refractivity contribution in [2.45, 2.75) is 39.6 Å². The molecule has 1 aliphatic rings. The van der Waals surface area contributed by atoms with E-state index in [1.807, 2.05) is 49.4 Å². The topological polar surface area (TPSA) is 50.6 Å². The predicted octanol–water partition coefficient (Wildman–Crippen LogP) is 5.87. The fraction of sp³-hybridized carbons (Fsp3) is 0.267. The molecule has 0 fully saturated rings. The van der Waals surface area contributed by atoms with Crippen LogP contribution in [0, 0.1) is 11.6 Å². The van der Waals surface area contributed by atoms with Crippen LogP contribution in [-0.4, -0.2) is 38.8 Å². The zero-order valence-electron chi connectivity index (χ0n) is 21.3. The molecule has 2 heterocycles. The molecule has 4 aromatic rings. The molecule has 0 atom stereocenters. The van der Waals surface area contributed by atoms with Crippen LogP contribution >= 0.6 is 0 Å².